The van der Waals surface area contributed by atoms with E-state index in [0.29, 0.717) is 12.6 Å². The summed E-state index contributed by atoms with van der Waals surface area (Å²) in [4.78, 5) is 9.84. The number of nitrogens with zero attached hydrogens (tertiary/aromatic N) is 6. The quantitative estimate of drug-likeness (QED) is 0.376. The van der Waals surface area contributed by atoms with Crippen molar-refractivity contribution in [1.29, 1.82) is 0 Å². The second-order valence-electron chi connectivity index (χ2n) is 9.43. The molecular formula is C27H32Cl2N6O. The predicted octanol–water partition coefficient (Wildman–Crippen LogP) is 4.92. The molecule has 0 spiro atoms. The van der Waals surface area contributed by atoms with Crippen molar-refractivity contribution >= 4 is 41.4 Å². The molecule has 0 unspecified atom stereocenters. The number of piperazine rings is 1. The highest BCUT2D eigenvalue weighted by atomic mass is 35.5. The average Bonchev–Trinajstić information content (AvgIpc) is 3.23. The predicted molar refractivity (Wildman–Crippen MR) is 148 cm³/mol. The first kappa shape index (κ1) is 26.2. The molecule has 36 heavy (non-hydrogen) atoms. The summed E-state index contributed by atoms with van der Waals surface area (Å²) < 4.78 is 8.24. The van der Waals surface area contributed by atoms with Crippen LogP contribution < -0.4 is 9.64 Å². The standard InChI is InChI=1S/C27H30N6O.2ClH/c1-18-10-11-22-23(28-18)7-5-8-24(22)32-15-14-31(19(2)16-32)13-12-21-6-4-9-25-27(21)34-17-26-30-29-20(3)33(25)26;;/h4-11,19H,12-17H2,1-3H3;2*1H/t19-;;/m1../s1. The summed E-state index contributed by atoms with van der Waals surface area (Å²) in [5.74, 6) is 2.74. The SMILES string of the molecule is Cc1ccc2c(N3CCN(CCc4cccc5c4OCc4nnc(C)n4-5)[C@H](C)C3)cccc2n1.Cl.Cl. The van der Waals surface area contributed by atoms with Crippen molar-refractivity contribution in [1.82, 2.24) is 24.6 Å². The molecule has 2 aliphatic rings. The highest BCUT2D eigenvalue weighted by molar-refractivity contribution is 5.92. The molecule has 0 N–H and O–H groups in total. The largest absolute Gasteiger partial charge is 0.483 e. The molecule has 1 fully saturated rings. The number of hydrogen-bond donors (Lipinski definition) is 0. The highest BCUT2D eigenvalue weighted by Crippen LogP contribution is 2.34. The molecule has 0 saturated carbocycles. The van der Waals surface area contributed by atoms with Gasteiger partial charge in [0.25, 0.3) is 0 Å². The van der Waals surface area contributed by atoms with Crippen LogP contribution in [0.1, 0.15) is 29.8 Å². The van der Waals surface area contributed by atoms with Gasteiger partial charge in [0.05, 0.1) is 11.2 Å². The minimum absolute atomic E-state index is 0. The van der Waals surface area contributed by atoms with Gasteiger partial charge in [0, 0.05) is 49.0 Å². The van der Waals surface area contributed by atoms with Gasteiger partial charge in [0.15, 0.2) is 5.82 Å². The van der Waals surface area contributed by atoms with E-state index in [1.807, 2.05) is 13.8 Å². The highest BCUT2D eigenvalue weighted by Gasteiger charge is 2.26. The second-order valence-corrected chi connectivity index (χ2v) is 9.43. The number of ether oxygens (including phenoxy) is 1. The number of rotatable bonds is 4. The molecule has 6 rings (SSSR count). The molecule has 0 radical (unpaired) electrons. The van der Waals surface area contributed by atoms with Gasteiger partial charge >= 0.3 is 0 Å². The van der Waals surface area contributed by atoms with Gasteiger partial charge in [-0.1, -0.05) is 18.2 Å². The normalized spacial score (nSPS) is 17.0. The fourth-order valence-corrected chi connectivity index (χ4v) is 5.39. The topological polar surface area (TPSA) is 59.3 Å². The lowest BCUT2D eigenvalue weighted by Crippen LogP contribution is -2.52. The van der Waals surface area contributed by atoms with E-state index < -0.39 is 0 Å². The molecule has 2 aliphatic heterocycles. The number of aryl methyl sites for hydroxylation is 2. The Balaban J connectivity index is 0.00000152. The molecule has 190 valence electrons. The lowest BCUT2D eigenvalue weighted by molar-refractivity contribution is 0.190. The number of para-hydroxylation sites is 1. The van der Waals surface area contributed by atoms with Gasteiger partial charge in [-0.2, -0.15) is 0 Å². The van der Waals surface area contributed by atoms with Crippen molar-refractivity contribution in [2.45, 2.75) is 39.8 Å². The van der Waals surface area contributed by atoms with Crippen LogP contribution in [0, 0.1) is 13.8 Å². The smallest absolute Gasteiger partial charge is 0.175 e. The zero-order valence-corrected chi connectivity index (χ0v) is 22.5. The molecule has 1 saturated heterocycles. The Kier molecular flexibility index (Phi) is 7.73. The Labute approximate surface area is 224 Å². The van der Waals surface area contributed by atoms with Gasteiger partial charge in [-0.3, -0.25) is 14.5 Å². The number of fused-ring (bicyclic) bond motifs is 4. The van der Waals surface area contributed by atoms with Crippen LogP contribution in [-0.4, -0.2) is 56.9 Å². The first-order chi connectivity index (χ1) is 16.6. The van der Waals surface area contributed by atoms with Crippen LogP contribution in [0.5, 0.6) is 5.75 Å². The van der Waals surface area contributed by atoms with Crippen molar-refractivity contribution in [3.63, 3.8) is 0 Å². The summed E-state index contributed by atoms with van der Waals surface area (Å²) in [6, 6.07) is 17.7. The maximum absolute atomic E-state index is 6.13. The Hall–Kier alpha value is -2.87. The molecule has 0 bridgehead atoms. The van der Waals surface area contributed by atoms with E-state index in [0.717, 1.165) is 66.9 Å². The summed E-state index contributed by atoms with van der Waals surface area (Å²) in [5, 5.41) is 9.71. The lowest BCUT2D eigenvalue weighted by Gasteiger charge is -2.41. The first-order valence-electron chi connectivity index (χ1n) is 12.1. The van der Waals surface area contributed by atoms with Crippen molar-refractivity contribution in [2.75, 3.05) is 31.1 Å². The van der Waals surface area contributed by atoms with E-state index in [2.05, 4.69) is 80.0 Å². The molecule has 0 amide bonds. The second kappa shape index (κ2) is 10.6. The molecule has 4 aromatic rings. The summed E-state index contributed by atoms with van der Waals surface area (Å²) in [5.41, 5.74) is 5.74. The fraction of sp³-hybridized carbons (Fsp3) is 0.370. The summed E-state index contributed by atoms with van der Waals surface area (Å²) >= 11 is 0. The van der Waals surface area contributed by atoms with Crippen molar-refractivity contribution in [3.8, 4) is 11.4 Å². The molecule has 2 aromatic carbocycles. The molecule has 1 atom stereocenters. The van der Waals surface area contributed by atoms with E-state index in [1.165, 1.54) is 16.6 Å². The van der Waals surface area contributed by atoms with Crippen LogP contribution >= 0.6 is 24.8 Å². The average molecular weight is 528 g/mol. The zero-order valence-electron chi connectivity index (χ0n) is 20.8. The van der Waals surface area contributed by atoms with Crippen LogP contribution in [0.15, 0.2) is 48.5 Å². The zero-order chi connectivity index (χ0) is 23.2. The van der Waals surface area contributed by atoms with E-state index >= 15 is 0 Å². The first-order valence-corrected chi connectivity index (χ1v) is 12.1. The van der Waals surface area contributed by atoms with E-state index in [-0.39, 0.29) is 24.8 Å². The lowest BCUT2D eigenvalue weighted by atomic mass is 10.1. The fourth-order valence-electron chi connectivity index (χ4n) is 5.39. The molecule has 2 aromatic heterocycles. The maximum Gasteiger partial charge on any atom is 0.175 e. The van der Waals surface area contributed by atoms with Gasteiger partial charge in [0.1, 0.15) is 18.2 Å². The van der Waals surface area contributed by atoms with Gasteiger partial charge in [0.2, 0.25) is 0 Å². The Morgan fingerprint density at radius 1 is 0.944 bits per heavy atom. The number of anilines is 1. The summed E-state index contributed by atoms with van der Waals surface area (Å²) in [6.45, 7) is 10.9. The van der Waals surface area contributed by atoms with Crippen LogP contribution in [-0.2, 0) is 13.0 Å². The number of hydrogen-bond acceptors (Lipinski definition) is 6. The summed E-state index contributed by atoms with van der Waals surface area (Å²) in [6.07, 6.45) is 0.960. The van der Waals surface area contributed by atoms with E-state index in [1.54, 1.807) is 0 Å². The van der Waals surface area contributed by atoms with Crippen molar-refractivity contribution < 1.29 is 4.74 Å². The number of pyridine rings is 1. The van der Waals surface area contributed by atoms with Gasteiger partial charge in [-0.05, 0) is 63.1 Å². The molecule has 0 aliphatic carbocycles. The van der Waals surface area contributed by atoms with Gasteiger partial charge in [-0.15, -0.1) is 35.0 Å². The molecule has 4 heterocycles. The van der Waals surface area contributed by atoms with Crippen LogP contribution in [0.25, 0.3) is 16.6 Å². The van der Waals surface area contributed by atoms with Crippen molar-refractivity contribution in [3.05, 3.63) is 71.4 Å². The van der Waals surface area contributed by atoms with Gasteiger partial charge in [-0.25, -0.2) is 0 Å². The number of aromatic nitrogens is 4. The third-order valence-corrected chi connectivity index (χ3v) is 7.18. The molecule has 9 heteroatoms. The van der Waals surface area contributed by atoms with E-state index in [4.69, 9.17) is 9.72 Å². The van der Waals surface area contributed by atoms with E-state index in [9.17, 15) is 0 Å². The van der Waals surface area contributed by atoms with Crippen molar-refractivity contribution in [2.24, 2.45) is 0 Å². The minimum Gasteiger partial charge on any atom is -0.483 e. The maximum atomic E-state index is 6.13. The Morgan fingerprint density at radius 2 is 1.75 bits per heavy atom. The third kappa shape index (κ3) is 4.63. The van der Waals surface area contributed by atoms with Gasteiger partial charge < -0.3 is 9.64 Å². The summed E-state index contributed by atoms with van der Waals surface area (Å²) in [7, 11) is 0. The molecular weight excluding hydrogens is 495 g/mol. The Bertz CT molecular complexity index is 1370. The monoisotopic (exact) mass is 526 g/mol. The molecule has 7 nitrogen and oxygen atoms in total. The van der Waals surface area contributed by atoms with Crippen LogP contribution in [0.3, 0.4) is 0 Å². The number of benzene rings is 2. The van der Waals surface area contributed by atoms with Crippen LogP contribution in [0.4, 0.5) is 5.69 Å². The minimum atomic E-state index is 0. The Morgan fingerprint density at radius 3 is 2.58 bits per heavy atom. The number of halogens is 2. The van der Waals surface area contributed by atoms with Crippen LogP contribution in [0.2, 0.25) is 0 Å². The third-order valence-electron chi connectivity index (χ3n) is 7.18.